The third-order valence-electron chi connectivity index (χ3n) is 12.1. The van der Waals surface area contributed by atoms with Crippen LogP contribution in [0.1, 0.15) is 0 Å². The lowest BCUT2D eigenvalue weighted by Crippen LogP contribution is -2.74. The Morgan fingerprint density at radius 2 is 0.864 bits per heavy atom. The predicted octanol–water partition coefficient (Wildman–Crippen LogP) is 11.5. The fourth-order valence-corrected chi connectivity index (χ4v) is 14.3. The van der Waals surface area contributed by atoms with Crippen LogP contribution in [0.5, 0.6) is 0 Å². The van der Waals surface area contributed by atoms with Crippen LogP contribution in [0, 0.1) is 6.57 Å². The Kier molecular flexibility index (Phi) is 8.21. The molecule has 3 nitrogen and oxygen atoms in total. The molecule has 0 aliphatic heterocycles. The van der Waals surface area contributed by atoms with Crippen molar-refractivity contribution < 1.29 is 0 Å². The molecule has 0 N–H and O–H groups in total. The zero-order valence-electron chi connectivity index (χ0n) is 32.2. The van der Waals surface area contributed by atoms with E-state index in [4.69, 9.17) is 6.57 Å². The summed E-state index contributed by atoms with van der Waals surface area (Å²) in [5, 5.41) is 9.97. The lowest BCUT2D eigenvalue weighted by molar-refractivity contribution is 1.18. The first-order valence-corrected chi connectivity index (χ1v) is 22.1. The number of para-hydroxylation sites is 4. The monoisotopic (exact) mass is 767 g/mol. The molecule has 0 amide bonds. The van der Waals surface area contributed by atoms with Crippen LogP contribution in [0.4, 0.5) is 5.69 Å². The Balaban J connectivity index is 1.11. The van der Waals surface area contributed by atoms with Crippen molar-refractivity contribution in [2.45, 2.75) is 0 Å². The van der Waals surface area contributed by atoms with Crippen molar-refractivity contribution in [1.82, 2.24) is 9.13 Å². The van der Waals surface area contributed by atoms with Gasteiger partial charge in [0.15, 0.2) is 13.8 Å². The summed E-state index contributed by atoms with van der Waals surface area (Å²) in [6.45, 7) is 7.90. The molecule has 276 valence electrons. The van der Waals surface area contributed by atoms with Gasteiger partial charge in [0.2, 0.25) is 0 Å². The van der Waals surface area contributed by atoms with E-state index in [0.717, 1.165) is 16.9 Å². The van der Waals surface area contributed by atoms with E-state index in [9.17, 15) is 0 Å². The topological polar surface area (TPSA) is 14.2 Å². The van der Waals surface area contributed by atoms with Crippen LogP contribution in [-0.2, 0) is 0 Å². The van der Waals surface area contributed by atoms with Crippen LogP contribution in [0.15, 0.2) is 224 Å². The van der Waals surface area contributed by atoms with Crippen LogP contribution < -0.4 is 20.7 Å². The molecular formula is C55H37N3Si. The van der Waals surface area contributed by atoms with E-state index in [2.05, 4.69) is 226 Å². The Morgan fingerprint density at radius 1 is 0.356 bits per heavy atom. The highest BCUT2D eigenvalue weighted by atomic mass is 28.3. The van der Waals surface area contributed by atoms with Crippen molar-refractivity contribution in [2.24, 2.45) is 0 Å². The molecular weight excluding hydrogens is 731 g/mol. The van der Waals surface area contributed by atoms with Crippen LogP contribution in [0.2, 0.25) is 0 Å². The summed E-state index contributed by atoms with van der Waals surface area (Å²) in [5.74, 6) is 0. The Morgan fingerprint density at radius 3 is 1.54 bits per heavy atom. The van der Waals surface area contributed by atoms with Crippen molar-refractivity contribution in [3.8, 4) is 22.5 Å². The first kappa shape index (κ1) is 34.5. The third kappa shape index (κ3) is 5.40. The molecule has 2 heterocycles. The van der Waals surface area contributed by atoms with E-state index in [0.29, 0.717) is 5.69 Å². The molecule has 0 aliphatic rings. The number of fused-ring (bicyclic) bond motifs is 6. The summed E-state index contributed by atoms with van der Waals surface area (Å²) in [7, 11) is -2.83. The highest BCUT2D eigenvalue weighted by Crippen LogP contribution is 2.40. The number of hydrogen-bond acceptors (Lipinski definition) is 0. The number of rotatable bonds is 7. The number of aromatic nitrogens is 2. The van der Waals surface area contributed by atoms with Crippen molar-refractivity contribution in [2.75, 3.05) is 0 Å². The molecule has 59 heavy (non-hydrogen) atoms. The van der Waals surface area contributed by atoms with Gasteiger partial charge in [0, 0.05) is 38.5 Å². The molecule has 0 saturated heterocycles. The normalized spacial score (nSPS) is 11.7. The SMILES string of the molecule is [C-]#[N+]c1cccc([Si](c2ccccc2)(c2ccccc2)c2ccc(-n3c4ccccc4c4cc(-c5cccc6c7ccccc7n(-c7ccccc7)c56)ccc43)cc2)c1. The van der Waals surface area contributed by atoms with E-state index < -0.39 is 8.07 Å². The minimum absolute atomic E-state index is 0.658. The second-order valence-electron chi connectivity index (χ2n) is 15.2. The van der Waals surface area contributed by atoms with E-state index in [1.165, 1.54) is 70.0 Å². The zero-order chi connectivity index (χ0) is 39.3. The van der Waals surface area contributed by atoms with Crippen LogP contribution in [0.3, 0.4) is 0 Å². The second-order valence-corrected chi connectivity index (χ2v) is 19.0. The molecule has 4 heteroatoms. The van der Waals surface area contributed by atoms with Gasteiger partial charge < -0.3 is 9.13 Å². The molecule has 0 fully saturated rings. The van der Waals surface area contributed by atoms with Crippen LogP contribution in [-0.4, -0.2) is 17.2 Å². The minimum atomic E-state index is -2.83. The number of nitrogens with zero attached hydrogens (tertiary/aromatic N) is 3. The minimum Gasteiger partial charge on any atom is -0.309 e. The van der Waals surface area contributed by atoms with Gasteiger partial charge in [-0.2, -0.15) is 0 Å². The second kappa shape index (κ2) is 14.0. The maximum atomic E-state index is 7.90. The van der Waals surface area contributed by atoms with Gasteiger partial charge in [-0.15, -0.1) is 0 Å². The van der Waals surface area contributed by atoms with Gasteiger partial charge in [-0.1, -0.05) is 181 Å². The summed E-state index contributed by atoms with van der Waals surface area (Å²) in [6, 6.07) is 81.2. The first-order valence-electron chi connectivity index (χ1n) is 20.1. The summed E-state index contributed by atoms with van der Waals surface area (Å²) in [4.78, 5) is 3.87. The Labute approximate surface area is 344 Å². The Hall–Kier alpha value is -7.71. The zero-order valence-corrected chi connectivity index (χ0v) is 33.2. The Bertz CT molecular complexity index is 3340. The van der Waals surface area contributed by atoms with Gasteiger partial charge in [0.1, 0.15) is 0 Å². The van der Waals surface area contributed by atoms with E-state index in [-0.39, 0.29) is 0 Å². The molecule has 0 aliphatic carbocycles. The average Bonchev–Trinajstić information content (AvgIpc) is 3.83. The van der Waals surface area contributed by atoms with Gasteiger partial charge >= 0.3 is 0 Å². The lowest BCUT2D eigenvalue weighted by Gasteiger charge is -2.34. The van der Waals surface area contributed by atoms with Crippen molar-refractivity contribution in [3.63, 3.8) is 0 Å². The molecule has 0 radical (unpaired) electrons. The van der Waals surface area contributed by atoms with Gasteiger partial charge in [-0.3, -0.25) is 0 Å². The lowest BCUT2D eigenvalue weighted by atomic mass is 10.00. The standard InChI is InChI=1S/C55H37N3Si/c1-56-40-17-15-24-46(38-40)59(43-20-7-3-8-21-43,44-22-9-4-10-23-44)45-34-32-42(33-35-45)57-52-29-13-12-26-49(52)51-37-39(31-36-54(51)57)47-27-16-28-50-48-25-11-14-30-53(48)58(55(47)50)41-18-5-2-6-19-41/h2-38H. The van der Waals surface area contributed by atoms with Crippen LogP contribution >= 0.6 is 0 Å². The third-order valence-corrected chi connectivity index (χ3v) is 16.8. The average molecular weight is 768 g/mol. The summed E-state index contributed by atoms with van der Waals surface area (Å²) in [6.07, 6.45) is 0. The van der Waals surface area contributed by atoms with Gasteiger partial charge in [-0.05, 0) is 69.7 Å². The highest BCUT2D eigenvalue weighted by molar-refractivity contribution is 7.19. The molecule has 2 aromatic heterocycles. The summed E-state index contributed by atoms with van der Waals surface area (Å²) in [5.41, 5.74) is 10.1. The maximum Gasteiger partial charge on any atom is 0.187 e. The quantitative estimate of drug-likeness (QED) is 0.0871. The molecule has 9 aromatic carbocycles. The van der Waals surface area contributed by atoms with Gasteiger partial charge in [0.05, 0.1) is 28.6 Å². The number of hydrogen-bond donors (Lipinski definition) is 0. The molecule has 0 atom stereocenters. The highest BCUT2D eigenvalue weighted by Gasteiger charge is 2.41. The largest absolute Gasteiger partial charge is 0.309 e. The molecule has 0 bridgehead atoms. The molecule has 0 unspecified atom stereocenters. The predicted molar refractivity (Wildman–Crippen MR) is 250 cm³/mol. The van der Waals surface area contributed by atoms with E-state index >= 15 is 0 Å². The summed E-state index contributed by atoms with van der Waals surface area (Å²) >= 11 is 0. The van der Waals surface area contributed by atoms with Gasteiger partial charge in [0.25, 0.3) is 0 Å². The fourth-order valence-electron chi connectivity index (χ4n) is 9.56. The molecule has 11 aromatic rings. The van der Waals surface area contributed by atoms with Crippen molar-refractivity contribution in [1.29, 1.82) is 0 Å². The van der Waals surface area contributed by atoms with Crippen LogP contribution in [0.25, 0.3) is 71.0 Å². The summed E-state index contributed by atoms with van der Waals surface area (Å²) < 4.78 is 4.83. The van der Waals surface area contributed by atoms with E-state index in [1.807, 2.05) is 12.1 Å². The molecule has 0 saturated carbocycles. The molecule has 0 spiro atoms. The molecule has 11 rings (SSSR count). The maximum absolute atomic E-state index is 7.90. The number of benzene rings is 9. The van der Waals surface area contributed by atoms with E-state index in [1.54, 1.807) is 0 Å². The fraction of sp³-hybridized carbons (Fsp3) is 0. The first-order chi connectivity index (χ1) is 29.2. The van der Waals surface area contributed by atoms with Crippen molar-refractivity contribution in [3.05, 3.63) is 236 Å². The van der Waals surface area contributed by atoms with Crippen molar-refractivity contribution >= 4 is 78.1 Å². The van der Waals surface area contributed by atoms with Gasteiger partial charge in [-0.25, -0.2) is 4.85 Å². The smallest absolute Gasteiger partial charge is 0.187 e.